The summed E-state index contributed by atoms with van der Waals surface area (Å²) in [6, 6.07) is 12.3. The number of anilines is 1. The van der Waals surface area contributed by atoms with Gasteiger partial charge in [-0.25, -0.2) is 8.42 Å². The Bertz CT molecular complexity index is 1220. The lowest BCUT2D eigenvalue weighted by Crippen LogP contribution is -2.42. The highest BCUT2D eigenvalue weighted by Gasteiger charge is 2.29. The number of ether oxygens (including phenoxy) is 1. The van der Waals surface area contributed by atoms with Crippen LogP contribution in [0.15, 0.2) is 58.8 Å². The van der Waals surface area contributed by atoms with Crippen LogP contribution in [0.25, 0.3) is 10.9 Å². The third-order valence-electron chi connectivity index (χ3n) is 4.69. The molecule has 1 heterocycles. The largest absolute Gasteiger partial charge is 0.497 e. The van der Waals surface area contributed by atoms with Crippen molar-refractivity contribution in [2.24, 2.45) is 17.3 Å². The van der Waals surface area contributed by atoms with Gasteiger partial charge in [0.2, 0.25) is 15.9 Å². The van der Waals surface area contributed by atoms with E-state index in [0.717, 1.165) is 16.1 Å². The zero-order valence-corrected chi connectivity index (χ0v) is 17.8. The van der Waals surface area contributed by atoms with E-state index in [1.165, 1.54) is 30.7 Å². The molecule has 3 rings (SSSR count). The topological polar surface area (TPSA) is 114 Å². The molecular weight excluding hydrogens is 408 g/mol. The number of benzene rings is 2. The van der Waals surface area contributed by atoms with Crippen molar-refractivity contribution < 1.29 is 23.1 Å². The fourth-order valence-electron chi connectivity index (χ4n) is 3.17. The molecule has 0 saturated carbocycles. The van der Waals surface area contributed by atoms with E-state index < -0.39 is 22.0 Å². The fourth-order valence-corrected chi connectivity index (χ4v) is 4.34. The van der Waals surface area contributed by atoms with Gasteiger partial charge in [0, 0.05) is 12.4 Å². The van der Waals surface area contributed by atoms with Gasteiger partial charge in [0.25, 0.3) is 5.91 Å². The molecule has 0 saturated heterocycles. The van der Waals surface area contributed by atoms with Gasteiger partial charge in [0.1, 0.15) is 11.8 Å². The number of carbonyl (C=O) groups is 1. The highest BCUT2D eigenvalue weighted by atomic mass is 32.2. The van der Waals surface area contributed by atoms with Crippen LogP contribution < -0.4 is 9.04 Å². The van der Waals surface area contributed by atoms with E-state index in [9.17, 15) is 18.3 Å². The third-order valence-corrected chi connectivity index (χ3v) is 5.93. The number of amides is 1. The molecule has 1 aromatic heterocycles. The molecule has 0 aliphatic rings. The fraction of sp³-hybridized carbons (Fsp3) is 0.250. The van der Waals surface area contributed by atoms with Crippen molar-refractivity contribution in [3.8, 4) is 11.6 Å². The molecule has 0 unspecified atom stereocenters. The Balaban J connectivity index is 1.94. The van der Waals surface area contributed by atoms with E-state index in [1.807, 2.05) is 6.07 Å². The molecule has 0 spiro atoms. The van der Waals surface area contributed by atoms with Gasteiger partial charge in [-0.05, 0) is 37.3 Å². The first-order valence-electron chi connectivity index (χ1n) is 9.00. The monoisotopic (exact) mass is 430 g/mol. The van der Waals surface area contributed by atoms with E-state index in [-0.39, 0.29) is 11.6 Å². The number of aromatic nitrogens is 1. The molecule has 2 aromatic carbocycles. The Hall–Kier alpha value is -3.40. The molecule has 0 bridgehead atoms. The minimum Gasteiger partial charge on any atom is -0.497 e. The van der Waals surface area contributed by atoms with Gasteiger partial charge in [0.05, 0.1) is 24.6 Å². The number of nitrogens with zero attached hydrogens (tertiary/aromatic N) is 4. The summed E-state index contributed by atoms with van der Waals surface area (Å²) in [7, 11) is -0.625. The van der Waals surface area contributed by atoms with Crippen LogP contribution in [0.3, 0.4) is 0 Å². The molecule has 3 aromatic rings. The molecule has 158 valence electrons. The first kappa shape index (κ1) is 21.3. The van der Waals surface area contributed by atoms with Gasteiger partial charge in [-0.3, -0.25) is 9.10 Å². The molecule has 0 fully saturated rings. The summed E-state index contributed by atoms with van der Waals surface area (Å²) in [5.74, 6) is -0.364. The van der Waals surface area contributed by atoms with Gasteiger partial charge >= 0.3 is 0 Å². The van der Waals surface area contributed by atoms with Crippen LogP contribution >= 0.6 is 0 Å². The van der Waals surface area contributed by atoms with E-state index in [1.54, 1.807) is 37.4 Å². The third kappa shape index (κ3) is 3.99. The molecule has 10 heteroatoms. The van der Waals surface area contributed by atoms with E-state index in [2.05, 4.69) is 10.2 Å². The Morgan fingerprint density at radius 2 is 1.80 bits per heavy atom. The average molecular weight is 430 g/mol. The molecule has 1 atom stereocenters. The van der Waals surface area contributed by atoms with Crippen molar-refractivity contribution in [2.75, 3.05) is 17.7 Å². The molecule has 30 heavy (non-hydrogen) atoms. The van der Waals surface area contributed by atoms with Gasteiger partial charge in [-0.15, -0.1) is 10.2 Å². The predicted molar refractivity (Wildman–Crippen MR) is 114 cm³/mol. The van der Waals surface area contributed by atoms with Crippen molar-refractivity contribution in [1.29, 1.82) is 0 Å². The van der Waals surface area contributed by atoms with Gasteiger partial charge < -0.3 is 14.4 Å². The number of para-hydroxylation sites is 1. The van der Waals surface area contributed by atoms with Crippen molar-refractivity contribution >= 4 is 38.2 Å². The summed E-state index contributed by atoms with van der Waals surface area (Å²) in [6.45, 7) is 1.43. The highest BCUT2D eigenvalue weighted by molar-refractivity contribution is 7.92. The second kappa shape index (κ2) is 8.15. The zero-order valence-electron chi connectivity index (χ0n) is 17.0. The molecule has 1 N–H and O–H groups in total. The smallest absolute Gasteiger partial charge is 0.287 e. The lowest BCUT2D eigenvalue weighted by atomic mass is 10.2. The molecule has 0 radical (unpaired) electrons. The van der Waals surface area contributed by atoms with Crippen molar-refractivity contribution in [3.63, 3.8) is 0 Å². The minimum absolute atomic E-state index is 0.143. The molecule has 0 aliphatic carbocycles. The van der Waals surface area contributed by atoms with E-state index in [4.69, 9.17) is 4.74 Å². The van der Waals surface area contributed by atoms with Crippen molar-refractivity contribution in [3.05, 3.63) is 48.5 Å². The Labute approximate surface area is 174 Å². The first-order chi connectivity index (χ1) is 14.1. The number of methoxy groups -OCH3 is 1. The summed E-state index contributed by atoms with van der Waals surface area (Å²) >= 11 is 0. The number of carbonyl (C=O) groups excluding carboxylic acids is 1. The lowest BCUT2D eigenvalue weighted by molar-refractivity contribution is -0.119. The number of aromatic hydroxyl groups is 1. The van der Waals surface area contributed by atoms with Crippen LogP contribution in [0.5, 0.6) is 11.6 Å². The van der Waals surface area contributed by atoms with Crippen LogP contribution in [-0.2, 0) is 21.9 Å². The second-order valence-corrected chi connectivity index (χ2v) is 8.58. The lowest BCUT2D eigenvalue weighted by Gasteiger charge is -2.26. The first-order valence-corrected chi connectivity index (χ1v) is 10.9. The number of fused-ring (bicyclic) bond motifs is 1. The van der Waals surface area contributed by atoms with Crippen molar-refractivity contribution in [2.45, 2.75) is 13.0 Å². The number of azo groups is 1. The Kier molecular flexibility index (Phi) is 5.79. The summed E-state index contributed by atoms with van der Waals surface area (Å²) in [5.41, 5.74) is 1.16. The number of sulfonamides is 1. The summed E-state index contributed by atoms with van der Waals surface area (Å²) in [6.07, 6.45) is 1.01. The summed E-state index contributed by atoms with van der Waals surface area (Å²) in [5, 5.41) is 18.6. The predicted octanol–water partition coefficient (Wildman–Crippen LogP) is 3.36. The summed E-state index contributed by atoms with van der Waals surface area (Å²) in [4.78, 5) is 12.7. The number of hydrogen-bond acceptors (Lipinski definition) is 6. The molecule has 9 nitrogen and oxygen atoms in total. The molecule has 0 aliphatic heterocycles. The second-order valence-electron chi connectivity index (χ2n) is 6.72. The quantitative estimate of drug-likeness (QED) is 0.603. The van der Waals surface area contributed by atoms with Gasteiger partial charge in [0.15, 0.2) is 5.69 Å². The van der Waals surface area contributed by atoms with Crippen LogP contribution in [0.2, 0.25) is 0 Å². The zero-order chi connectivity index (χ0) is 22.1. The number of rotatable bonds is 6. The van der Waals surface area contributed by atoms with Crippen LogP contribution in [0, 0.1) is 0 Å². The van der Waals surface area contributed by atoms with Gasteiger partial charge in [-0.1, -0.05) is 18.2 Å². The maximum absolute atomic E-state index is 12.7. The van der Waals surface area contributed by atoms with Crippen LogP contribution in [0.4, 0.5) is 11.4 Å². The van der Waals surface area contributed by atoms with E-state index >= 15 is 0 Å². The molecular formula is C20H22N4O5S. The number of aryl methyl sites for hydroxylation is 1. The van der Waals surface area contributed by atoms with Crippen LogP contribution in [0.1, 0.15) is 6.92 Å². The normalized spacial score (nSPS) is 12.9. The Morgan fingerprint density at radius 3 is 2.40 bits per heavy atom. The van der Waals surface area contributed by atoms with E-state index in [0.29, 0.717) is 16.8 Å². The summed E-state index contributed by atoms with van der Waals surface area (Å²) < 4.78 is 32.3. The number of hydrogen-bond donors (Lipinski definition) is 1. The Morgan fingerprint density at radius 1 is 1.17 bits per heavy atom. The average Bonchev–Trinajstić information content (AvgIpc) is 2.96. The SMILES string of the molecule is COc1ccc(N([C@@H](C)C(=O)N=Nc2c(O)n(C)c3ccccc23)S(C)(=O)=O)cc1. The van der Waals surface area contributed by atoms with Crippen molar-refractivity contribution in [1.82, 2.24) is 4.57 Å². The maximum atomic E-state index is 12.7. The molecule has 1 amide bonds. The maximum Gasteiger partial charge on any atom is 0.287 e. The highest BCUT2D eigenvalue weighted by Crippen LogP contribution is 2.37. The standard InChI is InChI=1S/C20H22N4O5S/c1-13(24(30(4,27)28)14-9-11-15(29-3)12-10-14)19(25)22-21-18-16-7-5-6-8-17(16)23(2)20(18)26/h5-13,26H,1-4H3/t13-/m0/s1. The van der Waals surface area contributed by atoms with Crippen LogP contribution in [-0.4, -0.2) is 43.4 Å². The minimum atomic E-state index is -3.79. The van der Waals surface area contributed by atoms with Gasteiger partial charge in [-0.2, -0.15) is 0 Å².